The number of rotatable bonds is 3. The van der Waals surface area contributed by atoms with Gasteiger partial charge in [0.1, 0.15) is 0 Å². The molecule has 4 aliphatic rings. The Morgan fingerprint density at radius 3 is 2.82 bits per heavy atom. The van der Waals surface area contributed by atoms with E-state index in [1.54, 1.807) is 16.7 Å². The third-order valence-electron chi connectivity index (χ3n) is 6.26. The van der Waals surface area contributed by atoms with Crippen LogP contribution in [0.25, 0.3) is 0 Å². The average Bonchev–Trinajstić information content (AvgIpc) is 3.17. The first-order chi connectivity index (χ1) is 10.8. The summed E-state index contributed by atoms with van der Waals surface area (Å²) in [5.41, 5.74) is 6.31. The molecule has 0 aromatic carbocycles. The highest BCUT2D eigenvalue weighted by molar-refractivity contribution is 5.45. The number of hydrogen-bond acceptors (Lipinski definition) is 2. The summed E-state index contributed by atoms with van der Waals surface area (Å²) in [5.74, 6) is 1.37. The number of allylic oxidation sites excluding steroid dienone is 2. The van der Waals surface area contributed by atoms with Gasteiger partial charge in [0.05, 0.1) is 12.2 Å². The Hall–Kier alpha value is -1.02. The first kappa shape index (κ1) is 14.6. The lowest BCUT2D eigenvalue weighted by atomic mass is 9.72. The van der Waals surface area contributed by atoms with Crippen LogP contribution in [-0.2, 0) is 4.74 Å². The molecule has 4 rings (SSSR count). The van der Waals surface area contributed by atoms with E-state index in [9.17, 15) is 0 Å². The van der Waals surface area contributed by atoms with Crippen LogP contribution >= 0.6 is 0 Å². The average molecular weight is 299 g/mol. The molecule has 3 unspecified atom stereocenters. The molecule has 120 valence electrons. The van der Waals surface area contributed by atoms with E-state index in [1.807, 2.05) is 0 Å². The molecule has 0 saturated carbocycles. The first-order valence-electron chi connectivity index (χ1n) is 9.33. The largest absolute Gasteiger partial charge is 0.384 e. The van der Waals surface area contributed by atoms with Gasteiger partial charge in [-0.1, -0.05) is 31.6 Å². The molecule has 1 saturated heterocycles. The molecule has 22 heavy (non-hydrogen) atoms. The quantitative estimate of drug-likeness (QED) is 0.775. The number of ether oxygens (including phenoxy) is 1. The Morgan fingerprint density at radius 1 is 1.14 bits per heavy atom. The van der Waals surface area contributed by atoms with Crippen molar-refractivity contribution >= 4 is 0 Å². The molecule has 2 aliphatic carbocycles. The lowest BCUT2D eigenvalue weighted by molar-refractivity contribution is 0.0431. The fraction of sp³-hybridized carbons (Fsp3) is 0.700. The minimum atomic E-state index is 0.351. The topological polar surface area (TPSA) is 21.3 Å². The summed E-state index contributed by atoms with van der Waals surface area (Å²) >= 11 is 0. The van der Waals surface area contributed by atoms with Gasteiger partial charge >= 0.3 is 0 Å². The second-order valence-corrected chi connectivity index (χ2v) is 7.26. The van der Waals surface area contributed by atoms with Gasteiger partial charge in [-0.3, -0.25) is 0 Å². The molecule has 0 aromatic heterocycles. The Labute approximate surface area is 134 Å². The minimum absolute atomic E-state index is 0.351. The lowest BCUT2D eigenvalue weighted by Crippen LogP contribution is -2.31. The van der Waals surface area contributed by atoms with Crippen LogP contribution in [0.5, 0.6) is 0 Å². The van der Waals surface area contributed by atoms with Crippen molar-refractivity contribution in [1.29, 1.82) is 0 Å². The van der Waals surface area contributed by atoms with Crippen LogP contribution in [0.3, 0.4) is 0 Å². The van der Waals surface area contributed by atoms with Crippen LogP contribution in [0.4, 0.5) is 0 Å². The van der Waals surface area contributed by atoms with Gasteiger partial charge in [-0.2, -0.15) is 0 Å². The molecule has 4 atom stereocenters. The predicted molar refractivity (Wildman–Crippen MR) is 90.5 cm³/mol. The molecule has 0 aromatic rings. The van der Waals surface area contributed by atoms with Crippen molar-refractivity contribution in [1.82, 2.24) is 5.32 Å². The molecule has 2 aliphatic heterocycles. The van der Waals surface area contributed by atoms with E-state index in [2.05, 4.69) is 31.3 Å². The maximum atomic E-state index is 6.64. The van der Waals surface area contributed by atoms with Crippen LogP contribution < -0.4 is 5.32 Å². The molecular weight excluding hydrogens is 270 g/mol. The predicted octanol–water partition coefficient (Wildman–Crippen LogP) is 4.49. The van der Waals surface area contributed by atoms with Gasteiger partial charge in [-0.05, 0) is 56.4 Å². The molecule has 2 nitrogen and oxygen atoms in total. The van der Waals surface area contributed by atoms with Crippen LogP contribution in [0, 0.1) is 11.8 Å². The Balaban J connectivity index is 1.74. The molecule has 0 radical (unpaired) electrons. The number of nitrogens with one attached hydrogen (secondary N) is 1. The summed E-state index contributed by atoms with van der Waals surface area (Å²) < 4.78 is 6.64. The van der Waals surface area contributed by atoms with Gasteiger partial charge in [0.25, 0.3) is 0 Å². The molecule has 0 amide bonds. The standard InChI is InChI=1S/C20H29NO/c1-3-13-9-10-16-15-7-5-6-8-17(15)22-20(16)18(13)19-14(4-2)11-12-21-19/h5,7,15-17,20-21H,3-4,6,8-12H2,1-2H3/t15?,16?,17?,20-/m0/s1. The maximum absolute atomic E-state index is 6.64. The third kappa shape index (κ3) is 2.19. The Kier molecular flexibility index (Phi) is 3.89. The monoisotopic (exact) mass is 299 g/mol. The van der Waals surface area contributed by atoms with Gasteiger partial charge in [0, 0.05) is 23.7 Å². The SMILES string of the molecule is CCC1=C(C2=C(CC)CCC3C4C=CCCC4O[C@H]23)NCC1. The second-order valence-electron chi connectivity index (χ2n) is 7.26. The molecular formula is C20H29NO. The molecule has 0 bridgehead atoms. The van der Waals surface area contributed by atoms with E-state index in [-0.39, 0.29) is 0 Å². The van der Waals surface area contributed by atoms with E-state index in [0.29, 0.717) is 24.0 Å². The lowest BCUT2D eigenvalue weighted by Gasteiger charge is -2.33. The van der Waals surface area contributed by atoms with E-state index in [1.165, 1.54) is 50.6 Å². The van der Waals surface area contributed by atoms with E-state index in [4.69, 9.17) is 4.74 Å². The summed E-state index contributed by atoms with van der Waals surface area (Å²) in [7, 11) is 0. The molecule has 1 N–H and O–H groups in total. The highest BCUT2D eigenvalue weighted by Crippen LogP contribution is 2.49. The summed E-state index contributed by atoms with van der Waals surface area (Å²) in [6.07, 6.45) is 14.2. The van der Waals surface area contributed by atoms with Crippen molar-refractivity contribution in [3.05, 3.63) is 34.6 Å². The zero-order valence-corrected chi connectivity index (χ0v) is 14.0. The summed E-state index contributed by atoms with van der Waals surface area (Å²) in [6.45, 7) is 5.73. The Bertz CT molecular complexity index is 542. The van der Waals surface area contributed by atoms with Gasteiger partial charge in [0.2, 0.25) is 0 Å². The van der Waals surface area contributed by atoms with Crippen molar-refractivity contribution in [2.24, 2.45) is 11.8 Å². The van der Waals surface area contributed by atoms with Crippen molar-refractivity contribution in [2.75, 3.05) is 6.54 Å². The highest BCUT2D eigenvalue weighted by atomic mass is 16.5. The summed E-state index contributed by atoms with van der Waals surface area (Å²) in [6, 6.07) is 0. The maximum Gasteiger partial charge on any atom is 0.0883 e. The highest BCUT2D eigenvalue weighted by Gasteiger charge is 2.48. The summed E-state index contributed by atoms with van der Waals surface area (Å²) in [4.78, 5) is 0. The second kappa shape index (κ2) is 5.88. The zero-order chi connectivity index (χ0) is 15.1. The van der Waals surface area contributed by atoms with Gasteiger partial charge < -0.3 is 10.1 Å². The molecule has 1 fully saturated rings. The molecule has 0 spiro atoms. The smallest absolute Gasteiger partial charge is 0.0883 e. The fourth-order valence-corrected chi connectivity index (χ4v) is 5.12. The van der Waals surface area contributed by atoms with Crippen LogP contribution in [0.1, 0.15) is 58.8 Å². The number of hydrogen-bond donors (Lipinski definition) is 1. The van der Waals surface area contributed by atoms with E-state index >= 15 is 0 Å². The van der Waals surface area contributed by atoms with Gasteiger partial charge in [-0.15, -0.1) is 0 Å². The fourth-order valence-electron chi connectivity index (χ4n) is 5.12. The molecule has 2 heterocycles. The molecule has 2 heteroatoms. The van der Waals surface area contributed by atoms with Crippen LogP contribution in [0.15, 0.2) is 34.6 Å². The van der Waals surface area contributed by atoms with Crippen molar-refractivity contribution in [3.63, 3.8) is 0 Å². The number of fused-ring (bicyclic) bond motifs is 3. The minimum Gasteiger partial charge on any atom is -0.384 e. The van der Waals surface area contributed by atoms with Crippen LogP contribution in [0.2, 0.25) is 0 Å². The van der Waals surface area contributed by atoms with Crippen LogP contribution in [-0.4, -0.2) is 18.8 Å². The Morgan fingerprint density at radius 2 is 2.00 bits per heavy atom. The van der Waals surface area contributed by atoms with Gasteiger partial charge in [0.15, 0.2) is 0 Å². The summed E-state index contributed by atoms with van der Waals surface area (Å²) in [5, 5.41) is 3.71. The van der Waals surface area contributed by atoms with Crippen molar-refractivity contribution < 1.29 is 4.74 Å². The normalized spacial score (nSPS) is 37.4. The first-order valence-corrected chi connectivity index (χ1v) is 9.33. The van der Waals surface area contributed by atoms with E-state index < -0.39 is 0 Å². The zero-order valence-electron chi connectivity index (χ0n) is 14.0. The van der Waals surface area contributed by atoms with Crippen molar-refractivity contribution in [2.45, 2.75) is 71.0 Å². The van der Waals surface area contributed by atoms with Gasteiger partial charge in [-0.25, -0.2) is 0 Å². The van der Waals surface area contributed by atoms with E-state index in [0.717, 1.165) is 6.54 Å². The third-order valence-corrected chi connectivity index (χ3v) is 6.26. The van der Waals surface area contributed by atoms with Crippen molar-refractivity contribution in [3.8, 4) is 0 Å².